The molecule has 1 aliphatic heterocycles. The van der Waals surface area contributed by atoms with Gasteiger partial charge in [0, 0.05) is 13.1 Å². The maximum atomic E-state index is 9.10. The van der Waals surface area contributed by atoms with Crippen LogP contribution in [0.15, 0.2) is 12.1 Å². The number of nitrogens with zero attached hydrogens (tertiary/aromatic N) is 2. The smallest absolute Gasteiger partial charge is 0.134 e. The third-order valence-electron chi connectivity index (χ3n) is 2.21. The zero-order valence-electron chi connectivity index (χ0n) is 7.37. The van der Waals surface area contributed by atoms with Crippen LogP contribution < -0.4 is 4.90 Å². The molecule has 0 spiro atoms. The van der Waals surface area contributed by atoms with Gasteiger partial charge >= 0.3 is 0 Å². The second-order valence-corrected chi connectivity index (χ2v) is 3.69. The largest absolute Gasteiger partial charge is 0.389 e. The summed E-state index contributed by atoms with van der Waals surface area (Å²) in [5.41, 5.74) is 0.978. The van der Waals surface area contributed by atoms with E-state index in [4.69, 9.17) is 16.7 Å². The van der Waals surface area contributed by atoms with Gasteiger partial charge in [-0.15, -0.1) is 0 Å². The Bertz CT molecular complexity index is 323. The fourth-order valence-electron chi connectivity index (χ4n) is 1.31. The van der Waals surface area contributed by atoms with Crippen LogP contribution in [0.1, 0.15) is 5.56 Å². The lowest BCUT2D eigenvalue weighted by molar-refractivity contribution is 0.141. The van der Waals surface area contributed by atoms with Gasteiger partial charge in [0.05, 0.1) is 6.10 Å². The molecule has 1 aromatic rings. The Labute approximate surface area is 82.0 Å². The van der Waals surface area contributed by atoms with Gasteiger partial charge in [-0.3, -0.25) is 0 Å². The van der Waals surface area contributed by atoms with Crippen LogP contribution >= 0.6 is 11.6 Å². The molecule has 0 amide bonds. The van der Waals surface area contributed by atoms with Crippen molar-refractivity contribution in [1.29, 1.82) is 0 Å². The Morgan fingerprint density at radius 2 is 2.23 bits per heavy atom. The Morgan fingerprint density at radius 1 is 1.54 bits per heavy atom. The molecule has 1 fully saturated rings. The van der Waals surface area contributed by atoms with Crippen LogP contribution in [0, 0.1) is 6.92 Å². The highest BCUT2D eigenvalue weighted by Crippen LogP contribution is 2.22. The predicted octanol–water partition coefficient (Wildman–Crippen LogP) is 1.22. The molecule has 0 atom stereocenters. The molecule has 2 heterocycles. The van der Waals surface area contributed by atoms with Crippen molar-refractivity contribution >= 4 is 17.4 Å². The highest BCUT2D eigenvalue weighted by atomic mass is 35.5. The summed E-state index contributed by atoms with van der Waals surface area (Å²) in [5.74, 6) is 0.848. The van der Waals surface area contributed by atoms with E-state index in [9.17, 15) is 0 Å². The topological polar surface area (TPSA) is 36.4 Å². The Morgan fingerprint density at radius 3 is 2.77 bits per heavy atom. The molecule has 1 N–H and O–H groups in total. The standard InChI is InChI=1S/C9H11ClN2O/c1-6-2-3-8(11-9(6)10)12-4-7(13)5-12/h2-3,7,13H,4-5H2,1H3. The minimum absolute atomic E-state index is 0.207. The molecule has 1 aromatic heterocycles. The molecule has 0 aromatic carbocycles. The first-order valence-corrected chi connectivity index (χ1v) is 4.61. The average Bonchev–Trinajstić information content (AvgIpc) is 2.05. The summed E-state index contributed by atoms with van der Waals surface area (Å²) >= 11 is 5.88. The number of pyridine rings is 1. The number of aryl methyl sites for hydroxylation is 1. The van der Waals surface area contributed by atoms with Crippen molar-refractivity contribution < 1.29 is 5.11 Å². The van der Waals surface area contributed by atoms with Gasteiger partial charge in [-0.2, -0.15) is 0 Å². The van der Waals surface area contributed by atoms with E-state index in [1.54, 1.807) is 0 Å². The normalized spacial score (nSPS) is 17.3. The van der Waals surface area contributed by atoms with E-state index in [0.29, 0.717) is 18.2 Å². The van der Waals surface area contributed by atoms with Gasteiger partial charge in [0.15, 0.2) is 0 Å². The van der Waals surface area contributed by atoms with Crippen molar-refractivity contribution in [2.24, 2.45) is 0 Å². The molecule has 4 heteroatoms. The molecule has 1 aliphatic rings. The fraction of sp³-hybridized carbons (Fsp3) is 0.444. The quantitative estimate of drug-likeness (QED) is 0.690. The lowest BCUT2D eigenvalue weighted by Crippen LogP contribution is -2.51. The first-order valence-electron chi connectivity index (χ1n) is 4.23. The van der Waals surface area contributed by atoms with Gasteiger partial charge in [-0.05, 0) is 18.6 Å². The van der Waals surface area contributed by atoms with E-state index in [1.807, 2.05) is 24.0 Å². The highest BCUT2D eigenvalue weighted by molar-refractivity contribution is 6.30. The molecule has 2 rings (SSSR count). The summed E-state index contributed by atoms with van der Waals surface area (Å²) in [6, 6.07) is 3.86. The molecule has 1 saturated heterocycles. The van der Waals surface area contributed by atoms with Crippen LogP contribution in [0.4, 0.5) is 5.82 Å². The van der Waals surface area contributed by atoms with Gasteiger partial charge in [-0.25, -0.2) is 4.98 Å². The summed E-state index contributed by atoms with van der Waals surface area (Å²) in [6.45, 7) is 3.24. The van der Waals surface area contributed by atoms with Crippen molar-refractivity contribution in [1.82, 2.24) is 4.98 Å². The van der Waals surface area contributed by atoms with Crippen molar-refractivity contribution in [2.45, 2.75) is 13.0 Å². The molecule has 0 unspecified atom stereocenters. The number of hydrogen-bond acceptors (Lipinski definition) is 3. The predicted molar refractivity (Wildman–Crippen MR) is 52.2 cm³/mol. The molecular formula is C9H11ClN2O. The summed E-state index contributed by atoms with van der Waals surface area (Å²) in [6.07, 6.45) is -0.207. The number of hydrogen-bond donors (Lipinski definition) is 1. The number of β-amino-alcohol motifs (C(OH)–C–C–N with tert-alkyl or cyclic N) is 1. The number of aliphatic hydroxyl groups is 1. The third-order valence-corrected chi connectivity index (χ3v) is 2.59. The van der Waals surface area contributed by atoms with Crippen LogP contribution in [0.25, 0.3) is 0 Å². The van der Waals surface area contributed by atoms with Gasteiger partial charge in [0.25, 0.3) is 0 Å². The van der Waals surface area contributed by atoms with E-state index >= 15 is 0 Å². The lowest BCUT2D eigenvalue weighted by Gasteiger charge is -2.36. The first kappa shape index (κ1) is 8.78. The molecule has 0 radical (unpaired) electrons. The van der Waals surface area contributed by atoms with E-state index in [2.05, 4.69) is 4.98 Å². The molecule has 0 bridgehead atoms. The number of aromatic nitrogens is 1. The minimum Gasteiger partial charge on any atom is -0.389 e. The first-order chi connectivity index (χ1) is 6.16. The minimum atomic E-state index is -0.207. The zero-order valence-corrected chi connectivity index (χ0v) is 8.12. The van der Waals surface area contributed by atoms with E-state index < -0.39 is 0 Å². The van der Waals surface area contributed by atoms with Crippen LogP contribution in [-0.2, 0) is 0 Å². The van der Waals surface area contributed by atoms with Crippen LogP contribution in [0.2, 0.25) is 5.15 Å². The monoisotopic (exact) mass is 198 g/mol. The number of aliphatic hydroxyl groups excluding tert-OH is 1. The average molecular weight is 199 g/mol. The van der Waals surface area contributed by atoms with Crippen molar-refractivity contribution in [3.05, 3.63) is 22.8 Å². The van der Waals surface area contributed by atoms with Gasteiger partial charge in [0.2, 0.25) is 0 Å². The van der Waals surface area contributed by atoms with Gasteiger partial charge in [0.1, 0.15) is 11.0 Å². The molecule has 0 saturated carbocycles. The molecular weight excluding hydrogens is 188 g/mol. The second kappa shape index (κ2) is 3.16. The lowest BCUT2D eigenvalue weighted by atomic mass is 10.1. The summed E-state index contributed by atoms with van der Waals surface area (Å²) in [4.78, 5) is 6.21. The number of anilines is 1. The second-order valence-electron chi connectivity index (χ2n) is 3.34. The van der Waals surface area contributed by atoms with Crippen molar-refractivity contribution in [3.63, 3.8) is 0 Å². The van der Waals surface area contributed by atoms with Crippen molar-refractivity contribution in [3.8, 4) is 0 Å². The Balaban J connectivity index is 2.18. The maximum Gasteiger partial charge on any atom is 0.134 e. The van der Waals surface area contributed by atoms with E-state index in [0.717, 1.165) is 11.4 Å². The number of halogens is 1. The molecule has 13 heavy (non-hydrogen) atoms. The Hall–Kier alpha value is -0.800. The highest BCUT2D eigenvalue weighted by Gasteiger charge is 2.25. The third kappa shape index (κ3) is 1.62. The van der Waals surface area contributed by atoms with Crippen molar-refractivity contribution in [2.75, 3.05) is 18.0 Å². The molecule has 70 valence electrons. The van der Waals surface area contributed by atoms with Gasteiger partial charge < -0.3 is 10.0 Å². The fourth-order valence-corrected chi connectivity index (χ4v) is 1.46. The van der Waals surface area contributed by atoms with Gasteiger partial charge in [-0.1, -0.05) is 17.7 Å². The van der Waals surface area contributed by atoms with Crippen LogP contribution in [0.3, 0.4) is 0 Å². The van der Waals surface area contributed by atoms with Crippen LogP contribution in [-0.4, -0.2) is 29.3 Å². The van der Waals surface area contributed by atoms with Crippen LogP contribution in [0.5, 0.6) is 0 Å². The summed E-state index contributed by atoms with van der Waals surface area (Å²) in [5, 5.41) is 9.64. The van der Waals surface area contributed by atoms with E-state index in [-0.39, 0.29) is 6.10 Å². The SMILES string of the molecule is Cc1ccc(N2CC(O)C2)nc1Cl. The van der Waals surface area contributed by atoms with E-state index in [1.165, 1.54) is 0 Å². The summed E-state index contributed by atoms with van der Waals surface area (Å²) < 4.78 is 0. The Kier molecular flexibility index (Phi) is 2.14. The number of rotatable bonds is 1. The molecule has 0 aliphatic carbocycles. The molecule has 3 nitrogen and oxygen atoms in total. The summed E-state index contributed by atoms with van der Waals surface area (Å²) in [7, 11) is 0. The zero-order chi connectivity index (χ0) is 9.42. The maximum absolute atomic E-state index is 9.10.